The number of aliphatic carboxylic acids is 1. The fourth-order valence-corrected chi connectivity index (χ4v) is 6.39. The normalized spacial score (nSPS) is 18.8. The predicted molar refractivity (Wildman–Crippen MR) is 143 cm³/mol. The van der Waals surface area contributed by atoms with Crippen molar-refractivity contribution >= 4 is 63.7 Å². The van der Waals surface area contributed by atoms with Crippen LogP contribution in [0.1, 0.15) is 18.3 Å². The number of pyridine rings is 1. The third kappa shape index (κ3) is 5.75. The van der Waals surface area contributed by atoms with Crippen LogP contribution >= 0.6 is 35.1 Å². The van der Waals surface area contributed by atoms with Gasteiger partial charge in [-0.1, -0.05) is 16.9 Å². The van der Waals surface area contributed by atoms with Crippen LogP contribution in [-0.4, -0.2) is 87.3 Å². The number of H-pyrrole nitrogens is 1. The second kappa shape index (κ2) is 12.0. The van der Waals surface area contributed by atoms with E-state index in [9.17, 15) is 19.5 Å². The molecule has 5 N–H and O–H groups in total. The number of aromatic amines is 1. The number of nitrogen functional groups attached to an aromatic ring is 1. The highest BCUT2D eigenvalue weighted by Gasteiger charge is 2.54. The number of rotatable bonds is 11. The molecule has 2 aliphatic rings. The van der Waals surface area contributed by atoms with Gasteiger partial charge in [-0.3, -0.25) is 14.5 Å². The molecule has 2 atom stereocenters. The maximum atomic E-state index is 13.1. The number of nitrogens with two attached hydrogens (primary N) is 1. The van der Waals surface area contributed by atoms with Gasteiger partial charge >= 0.3 is 5.97 Å². The van der Waals surface area contributed by atoms with Crippen LogP contribution in [0.3, 0.4) is 0 Å². The zero-order chi connectivity index (χ0) is 28.2. The third-order valence-corrected chi connectivity index (χ3v) is 8.51. The largest absolute Gasteiger partial charge is 0.477 e. The molecule has 3 aromatic heterocycles. The number of aromatic nitrogens is 7. The topological polar surface area (TPSA) is 218 Å². The van der Waals surface area contributed by atoms with Crippen LogP contribution in [0.2, 0.25) is 0 Å². The zero-order valence-corrected chi connectivity index (χ0v) is 23.2. The van der Waals surface area contributed by atoms with Crippen molar-refractivity contribution < 1.29 is 28.9 Å². The SMILES string of the molecule is CCON=C(C(=O)NC1C(=O)N2C(C(=O)O)=C(C[n+]3ccc(CSc4nn[nH]n4)cc3)CS[C@H]12)c1nsc(N)n1. The van der Waals surface area contributed by atoms with E-state index >= 15 is 0 Å². The summed E-state index contributed by atoms with van der Waals surface area (Å²) in [6.45, 7) is 2.16. The first-order valence-corrected chi connectivity index (χ1v) is 14.5. The lowest BCUT2D eigenvalue weighted by molar-refractivity contribution is -0.689. The summed E-state index contributed by atoms with van der Waals surface area (Å²) in [4.78, 5) is 48.5. The van der Waals surface area contributed by atoms with Crippen LogP contribution in [0.25, 0.3) is 0 Å². The Morgan fingerprint density at radius 2 is 2.20 bits per heavy atom. The van der Waals surface area contributed by atoms with Gasteiger partial charge in [0.2, 0.25) is 16.7 Å². The molecule has 5 heterocycles. The Balaban J connectivity index is 1.27. The van der Waals surface area contributed by atoms with Crippen LogP contribution in [-0.2, 0) is 31.5 Å². The maximum absolute atomic E-state index is 13.1. The van der Waals surface area contributed by atoms with Crippen LogP contribution in [0.5, 0.6) is 0 Å². The molecular formula is C21H22N11O5S3+. The van der Waals surface area contributed by atoms with Gasteiger partial charge in [-0.25, -0.2) is 9.36 Å². The summed E-state index contributed by atoms with van der Waals surface area (Å²) < 4.78 is 5.83. The van der Waals surface area contributed by atoms with Crippen LogP contribution in [0.4, 0.5) is 5.13 Å². The number of nitrogens with one attached hydrogen (secondary N) is 2. The molecule has 16 nitrogen and oxygen atoms in total. The standard InChI is InChI=1S/C21H21N11O5S3/c1-2-37-27-12(15-24-20(22)40-28-15)16(33)23-13-17(34)32-14(19(35)36)11(9-38-18(13)32)7-31-5-3-10(4-6-31)8-39-21-25-29-30-26-21/h3-6,13,18H,2,7-9H2,1H3,(H4-,22,23,24,25,26,28,29,30,33,35,36)/p+1/t13?,18-/m1/s1. The molecule has 1 unspecified atom stereocenters. The molecule has 2 aliphatic heterocycles. The smallest absolute Gasteiger partial charge is 0.352 e. The second-order valence-corrected chi connectivity index (χ2v) is 11.1. The van der Waals surface area contributed by atoms with E-state index in [1.165, 1.54) is 28.4 Å². The maximum Gasteiger partial charge on any atom is 0.352 e. The van der Waals surface area contributed by atoms with Crippen LogP contribution < -0.4 is 15.6 Å². The van der Waals surface area contributed by atoms with Gasteiger partial charge in [-0.15, -0.1) is 22.0 Å². The van der Waals surface area contributed by atoms with Crippen molar-refractivity contribution in [3.05, 3.63) is 47.2 Å². The molecule has 0 aromatic carbocycles. The minimum absolute atomic E-state index is 0.0294. The molecular weight excluding hydrogens is 583 g/mol. The minimum atomic E-state index is -1.21. The number of carbonyl (C=O) groups is 3. The zero-order valence-electron chi connectivity index (χ0n) is 20.8. The van der Waals surface area contributed by atoms with E-state index in [4.69, 9.17) is 10.6 Å². The molecule has 19 heteroatoms. The molecule has 2 amide bonds. The van der Waals surface area contributed by atoms with Gasteiger partial charge < -0.3 is 21.0 Å². The van der Waals surface area contributed by atoms with E-state index in [-0.39, 0.29) is 35.5 Å². The van der Waals surface area contributed by atoms with Crippen molar-refractivity contribution in [2.24, 2.45) is 5.16 Å². The number of β-lactam (4-membered cyclic amide) rings is 1. The van der Waals surface area contributed by atoms with Crippen LogP contribution in [0, 0.1) is 0 Å². The summed E-state index contributed by atoms with van der Waals surface area (Å²) in [6, 6.07) is 2.87. The van der Waals surface area contributed by atoms with Gasteiger partial charge in [0.15, 0.2) is 24.1 Å². The Kier molecular flexibility index (Phi) is 8.21. The van der Waals surface area contributed by atoms with E-state index in [1.54, 1.807) is 6.92 Å². The first-order chi connectivity index (χ1) is 19.4. The summed E-state index contributed by atoms with van der Waals surface area (Å²) in [6.07, 6.45) is 3.68. The number of carboxylic acids is 1. The van der Waals surface area contributed by atoms with Gasteiger partial charge in [0, 0.05) is 40.7 Å². The van der Waals surface area contributed by atoms with Gasteiger partial charge in [-0.2, -0.15) is 14.6 Å². The summed E-state index contributed by atoms with van der Waals surface area (Å²) in [5.41, 5.74) is 6.91. The summed E-state index contributed by atoms with van der Waals surface area (Å²) in [7, 11) is 0. The van der Waals surface area contributed by atoms with Crippen molar-refractivity contribution in [2.45, 2.75) is 35.8 Å². The summed E-state index contributed by atoms with van der Waals surface area (Å²) >= 11 is 3.68. The average molecular weight is 605 g/mol. The Morgan fingerprint density at radius 3 is 2.85 bits per heavy atom. The number of tetrazole rings is 1. The number of thioether (sulfide) groups is 2. The van der Waals surface area contributed by atoms with Crippen LogP contribution in [0.15, 0.2) is 46.1 Å². The first-order valence-electron chi connectivity index (χ1n) is 11.7. The van der Waals surface area contributed by atoms with E-state index < -0.39 is 29.2 Å². The van der Waals surface area contributed by atoms with E-state index in [0.29, 0.717) is 22.2 Å². The molecule has 0 radical (unpaired) electrons. The number of amides is 2. The van der Waals surface area contributed by atoms with Gasteiger partial charge in [0.1, 0.15) is 23.7 Å². The van der Waals surface area contributed by atoms with Gasteiger partial charge in [0.05, 0.1) is 0 Å². The molecule has 5 rings (SSSR count). The fraction of sp³-hybridized carbons (Fsp3) is 0.333. The summed E-state index contributed by atoms with van der Waals surface area (Å²) in [5, 5.41) is 30.2. The molecule has 40 heavy (non-hydrogen) atoms. The van der Waals surface area contributed by atoms with Crippen molar-refractivity contribution in [1.29, 1.82) is 0 Å². The van der Waals surface area contributed by atoms with Crippen molar-refractivity contribution in [3.8, 4) is 0 Å². The molecule has 0 saturated carbocycles. The number of anilines is 1. The fourth-order valence-electron chi connectivity index (χ4n) is 3.93. The van der Waals surface area contributed by atoms with Crippen molar-refractivity contribution in [2.75, 3.05) is 18.1 Å². The number of carbonyl (C=O) groups excluding carboxylic acids is 2. The molecule has 1 saturated heterocycles. The van der Waals surface area contributed by atoms with E-state index in [1.807, 2.05) is 29.1 Å². The number of fused-ring (bicyclic) bond motifs is 1. The lowest BCUT2D eigenvalue weighted by Gasteiger charge is -2.49. The lowest BCUT2D eigenvalue weighted by Crippen LogP contribution is -2.71. The summed E-state index contributed by atoms with van der Waals surface area (Å²) in [5.74, 6) is -1.52. The number of hydrogen-bond acceptors (Lipinski definition) is 14. The molecule has 0 aliphatic carbocycles. The molecule has 3 aromatic rings. The number of carboxylic acid groups (broad SMARTS) is 1. The second-order valence-electron chi connectivity index (χ2n) is 8.29. The highest BCUT2D eigenvalue weighted by molar-refractivity contribution is 8.00. The number of hydrogen-bond donors (Lipinski definition) is 4. The molecule has 1 fully saturated rings. The minimum Gasteiger partial charge on any atom is -0.477 e. The monoisotopic (exact) mass is 604 g/mol. The Labute approximate surface area is 238 Å². The number of nitrogens with zero attached hydrogens (tertiary/aromatic N) is 8. The Hall–Kier alpha value is -4.10. The van der Waals surface area contributed by atoms with Gasteiger partial charge in [0.25, 0.3) is 11.8 Å². The molecule has 0 bridgehead atoms. The Morgan fingerprint density at radius 1 is 1.40 bits per heavy atom. The van der Waals surface area contributed by atoms with Crippen molar-refractivity contribution in [3.63, 3.8) is 0 Å². The van der Waals surface area contributed by atoms with E-state index in [0.717, 1.165) is 17.1 Å². The quantitative estimate of drug-likeness (QED) is 0.0707. The average Bonchev–Trinajstić information content (AvgIpc) is 3.63. The first kappa shape index (κ1) is 27.5. The number of oxime groups is 1. The van der Waals surface area contributed by atoms with Crippen molar-refractivity contribution in [1.82, 2.24) is 40.2 Å². The third-order valence-electron chi connectivity index (χ3n) is 5.72. The molecule has 0 spiro atoms. The molecule has 208 valence electrons. The van der Waals surface area contributed by atoms with E-state index in [2.05, 4.69) is 40.5 Å². The van der Waals surface area contributed by atoms with Gasteiger partial charge in [-0.05, 0) is 17.7 Å². The predicted octanol–water partition coefficient (Wildman–Crippen LogP) is -0.607. The highest BCUT2D eigenvalue weighted by Crippen LogP contribution is 2.40. The lowest BCUT2D eigenvalue weighted by atomic mass is 10.0. The Bertz CT molecular complexity index is 1480. The highest BCUT2D eigenvalue weighted by atomic mass is 32.2.